The molecule has 0 aliphatic carbocycles. The molecule has 0 saturated carbocycles. The van der Waals surface area contributed by atoms with Crippen LogP contribution in [0.4, 0.5) is 0 Å². The first-order valence-electron chi connectivity index (χ1n) is 4.90. The highest BCUT2D eigenvalue weighted by Gasteiger charge is 2.31. The number of nitro groups is 1. The second-order valence-corrected chi connectivity index (χ2v) is 3.81. The van der Waals surface area contributed by atoms with Gasteiger partial charge in [-0.15, -0.1) is 5.43 Å². The smallest absolute Gasteiger partial charge is 0.157 e. The lowest BCUT2D eigenvalue weighted by Crippen LogP contribution is -2.46. The average Bonchev–Trinajstić information content (AvgIpc) is 2.42. The molecule has 0 radical (unpaired) electrons. The Balaban J connectivity index is 2.54. The number of hydrazine groups is 1. The van der Waals surface area contributed by atoms with Crippen LogP contribution in [0.5, 0.6) is 0 Å². The van der Waals surface area contributed by atoms with Crippen molar-refractivity contribution >= 4 is 0 Å². The van der Waals surface area contributed by atoms with Crippen LogP contribution in [-0.4, -0.2) is 17.1 Å². The Morgan fingerprint density at radius 2 is 2.50 bits per heavy atom. The molecule has 1 heterocycles. The van der Waals surface area contributed by atoms with Gasteiger partial charge in [-0.25, -0.2) is 10.1 Å². The van der Waals surface area contributed by atoms with Gasteiger partial charge in [0.25, 0.3) is 0 Å². The van der Waals surface area contributed by atoms with Gasteiger partial charge in [-0.3, -0.25) is 0 Å². The first-order valence-corrected chi connectivity index (χ1v) is 4.90. The van der Waals surface area contributed by atoms with Crippen LogP contribution in [0.15, 0.2) is 12.3 Å². The van der Waals surface area contributed by atoms with Gasteiger partial charge in [0.15, 0.2) is 5.03 Å². The van der Waals surface area contributed by atoms with Gasteiger partial charge in [-0.05, 0) is 18.8 Å². The summed E-state index contributed by atoms with van der Waals surface area (Å²) < 4.78 is 0. The van der Waals surface area contributed by atoms with Gasteiger partial charge in [0, 0.05) is 5.70 Å². The van der Waals surface area contributed by atoms with Gasteiger partial charge in [-0.2, -0.15) is 0 Å². The molecule has 3 atom stereocenters. The summed E-state index contributed by atoms with van der Waals surface area (Å²) in [5, 5.41) is 13.1. The Morgan fingerprint density at radius 3 is 2.86 bits per heavy atom. The molecule has 2 N–H and O–H groups in total. The number of nitrogens with one attached hydrogen (secondary N) is 2. The van der Waals surface area contributed by atoms with Crippen molar-refractivity contribution in [1.29, 1.82) is 0 Å². The van der Waals surface area contributed by atoms with E-state index in [2.05, 4.69) is 24.2 Å². The summed E-state index contributed by atoms with van der Waals surface area (Å²) in [5.74, 6) is 0.405. The minimum atomic E-state index is -0.471. The highest BCUT2D eigenvalue weighted by Crippen LogP contribution is 2.24. The first kappa shape index (κ1) is 10.8. The van der Waals surface area contributed by atoms with Crippen LogP contribution in [-0.2, 0) is 0 Å². The summed E-state index contributed by atoms with van der Waals surface area (Å²) in [7, 11) is 0. The van der Waals surface area contributed by atoms with Crippen LogP contribution in [0.1, 0.15) is 26.7 Å². The van der Waals surface area contributed by atoms with Gasteiger partial charge in [-0.1, -0.05) is 20.4 Å². The van der Waals surface area contributed by atoms with Crippen LogP contribution in [0, 0.1) is 16.0 Å². The van der Waals surface area contributed by atoms with Crippen LogP contribution < -0.4 is 10.7 Å². The van der Waals surface area contributed by atoms with E-state index in [1.807, 2.05) is 6.92 Å². The molecule has 0 aromatic carbocycles. The molecule has 1 rings (SSSR count). The summed E-state index contributed by atoms with van der Waals surface area (Å²) >= 11 is 0. The van der Waals surface area contributed by atoms with E-state index in [9.17, 15) is 10.1 Å². The van der Waals surface area contributed by atoms with Crippen LogP contribution in [0.25, 0.3) is 0 Å². The minimum absolute atomic E-state index is 0.119. The zero-order valence-corrected chi connectivity index (χ0v) is 8.62. The fourth-order valence-corrected chi connectivity index (χ4v) is 1.83. The Morgan fingerprint density at radius 1 is 1.86 bits per heavy atom. The van der Waals surface area contributed by atoms with Gasteiger partial charge < -0.3 is 5.32 Å². The average molecular weight is 199 g/mol. The molecule has 1 fully saturated rings. The van der Waals surface area contributed by atoms with Crippen LogP contribution in [0.3, 0.4) is 0 Å². The molecule has 0 aromatic heterocycles. The second-order valence-electron chi connectivity index (χ2n) is 3.81. The summed E-state index contributed by atoms with van der Waals surface area (Å²) in [6.07, 6.45) is 1.65. The third-order valence-electron chi connectivity index (χ3n) is 2.77. The highest BCUT2D eigenvalue weighted by molar-refractivity contribution is 5.08. The van der Waals surface area contributed by atoms with Crippen molar-refractivity contribution in [3.05, 3.63) is 22.4 Å². The molecule has 0 bridgehead atoms. The van der Waals surface area contributed by atoms with Gasteiger partial charge in [0.05, 0.1) is 6.04 Å². The topological polar surface area (TPSA) is 67.2 Å². The maximum atomic E-state index is 10.3. The Hall–Kier alpha value is -1.26. The fourth-order valence-electron chi connectivity index (χ4n) is 1.83. The molecular formula is C9H17N3O2. The lowest BCUT2D eigenvalue weighted by Gasteiger charge is -2.19. The SMILES string of the molecule is C=C1N[C@H]([C@H](CC)N[N+](=O)[O-])C[C@H]1C. The predicted octanol–water partition coefficient (Wildman–Crippen LogP) is 1.06. The molecule has 0 unspecified atom stereocenters. The van der Waals surface area contributed by atoms with E-state index in [1.165, 1.54) is 0 Å². The summed E-state index contributed by atoms with van der Waals surface area (Å²) in [6, 6.07) is 0.0135. The monoisotopic (exact) mass is 199 g/mol. The Labute approximate surface area is 83.7 Å². The van der Waals surface area contributed by atoms with Gasteiger partial charge in [0.2, 0.25) is 0 Å². The molecule has 1 aliphatic rings. The molecule has 0 amide bonds. The maximum absolute atomic E-state index is 10.3. The molecule has 14 heavy (non-hydrogen) atoms. The van der Waals surface area contributed by atoms with Crippen molar-refractivity contribution in [2.75, 3.05) is 0 Å². The summed E-state index contributed by atoms with van der Waals surface area (Å²) in [5.41, 5.74) is 3.32. The molecule has 0 spiro atoms. The molecule has 5 heteroatoms. The van der Waals surface area contributed by atoms with Crippen LogP contribution >= 0.6 is 0 Å². The van der Waals surface area contributed by atoms with Crippen molar-refractivity contribution in [3.8, 4) is 0 Å². The van der Waals surface area contributed by atoms with Crippen molar-refractivity contribution < 1.29 is 5.03 Å². The van der Waals surface area contributed by atoms with E-state index in [4.69, 9.17) is 0 Å². The molecule has 5 nitrogen and oxygen atoms in total. The molecule has 1 saturated heterocycles. The van der Waals surface area contributed by atoms with Crippen LogP contribution in [0.2, 0.25) is 0 Å². The molecule has 0 aromatic rings. The van der Waals surface area contributed by atoms with Crippen molar-refractivity contribution in [2.24, 2.45) is 5.92 Å². The normalized spacial score (nSPS) is 28.3. The zero-order chi connectivity index (χ0) is 10.7. The maximum Gasteiger partial charge on any atom is 0.157 e. The Bertz CT molecular complexity index is 240. The predicted molar refractivity (Wildman–Crippen MR) is 54.1 cm³/mol. The van der Waals surface area contributed by atoms with Gasteiger partial charge >= 0.3 is 0 Å². The quantitative estimate of drug-likeness (QED) is 0.524. The van der Waals surface area contributed by atoms with Crippen molar-refractivity contribution in [3.63, 3.8) is 0 Å². The molecular weight excluding hydrogens is 182 g/mol. The lowest BCUT2D eigenvalue weighted by atomic mass is 10.00. The third kappa shape index (κ3) is 2.37. The van der Waals surface area contributed by atoms with E-state index in [0.29, 0.717) is 5.92 Å². The zero-order valence-electron chi connectivity index (χ0n) is 8.62. The minimum Gasteiger partial charge on any atom is -0.384 e. The Kier molecular flexibility index (Phi) is 3.33. The van der Waals surface area contributed by atoms with E-state index >= 15 is 0 Å². The number of hydrogen-bond donors (Lipinski definition) is 2. The number of nitrogens with zero attached hydrogens (tertiary/aromatic N) is 1. The second kappa shape index (κ2) is 4.30. The van der Waals surface area contributed by atoms with Crippen molar-refractivity contribution in [1.82, 2.24) is 10.7 Å². The summed E-state index contributed by atoms with van der Waals surface area (Å²) in [4.78, 5) is 10.3. The van der Waals surface area contributed by atoms with Crippen molar-refractivity contribution in [2.45, 2.75) is 38.8 Å². The largest absolute Gasteiger partial charge is 0.384 e. The number of allylic oxidation sites excluding steroid dienone is 1. The molecule has 1 aliphatic heterocycles. The third-order valence-corrected chi connectivity index (χ3v) is 2.77. The highest BCUT2D eigenvalue weighted by atomic mass is 16.7. The first-order chi connectivity index (χ1) is 6.54. The molecule has 80 valence electrons. The lowest BCUT2D eigenvalue weighted by molar-refractivity contribution is -0.551. The number of rotatable bonds is 4. The van der Waals surface area contributed by atoms with E-state index in [-0.39, 0.29) is 12.1 Å². The summed E-state index contributed by atoms with van der Waals surface area (Å²) in [6.45, 7) is 7.89. The van der Waals surface area contributed by atoms with E-state index < -0.39 is 5.03 Å². The fraction of sp³-hybridized carbons (Fsp3) is 0.778. The number of hydrogen-bond acceptors (Lipinski definition) is 3. The van der Waals surface area contributed by atoms with E-state index in [0.717, 1.165) is 18.5 Å². The standard InChI is InChI=1S/C9H17N3O2/c1-4-8(11-12(13)14)9-5-6(2)7(3)10-9/h6,8-11H,3-5H2,1-2H3/t6-,8+,9+/m1/s1. The van der Waals surface area contributed by atoms with Gasteiger partial charge in [0.1, 0.15) is 6.04 Å². The van der Waals surface area contributed by atoms with E-state index in [1.54, 1.807) is 0 Å².